The van der Waals surface area contributed by atoms with Crippen molar-refractivity contribution in [2.75, 3.05) is 13.2 Å². The first-order valence-electron chi connectivity index (χ1n) is 5.72. The zero-order chi connectivity index (χ0) is 10.3. The van der Waals surface area contributed by atoms with E-state index < -0.39 is 0 Å². The van der Waals surface area contributed by atoms with E-state index in [1.165, 1.54) is 19.3 Å². The van der Waals surface area contributed by atoms with Crippen LogP contribution in [0.1, 0.15) is 25.7 Å². The molecule has 1 atom stereocenters. The number of halogens is 1. The monoisotopic (exact) mass is 242 g/mol. The molecule has 90 valence electrons. The van der Waals surface area contributed by atoms with Crippen molar-refractivity contribution in [1.29, 1.82) is 0 Å². The molecule has 3 nitrogen and oxygen atoms in total. The summed E-state index contributed by atoms with van der Waals surface area (Å²) >= 11 is 0. The lowest BCUT2D eigenvalue weighted by Crippen LogP contribution is -2.35. The van der Waals surface area contributed by atoms with Crippen LogP contribution in [0.2, 0.25) is 0 Å². The maximum Gasteiger partial charge on any atom is 0.213 e. The summed E-state index contributed by atoms with van der Waals surface area (Å²) in [5, 5.41) is 3.50. The molecule has 1 fully saturated rings. The van der Waals surface area contributed by atoms with Gasteiger partial charge in [-0.15, -0.1) is 12.4 Å². The highest BCUT2D eigenvalue weighted by atomic mass is 35.5. The Morgan fingerprint density at radius 3 is 3.00 bits per heavy atom. The molecule has 0 spiro atoms. The first-order valence-corrected chi connectivity index (χ1v) is 5.72. The van der Waals surface area contributed by atoms with Crippen LogP contribution in [-0.4, -0.2) is 24.2 Å². The molecule has 0 saturated carbocycles. The van der Waals surface area contributed by atoms with E-state index in [0.29, 0.717) is 6.04 Å². The van der Waals surface area contributed by atoms with Crippen LogP contribution in [0.4, 0.5) is 0 Å². The normalized spacial score (nSPS) is 19.9. The molecule has 1 aliphatic heterocycles. The number of nitrogens with one attached hydrogen (secondary N) is 1. The van der Waals surface area contributed by atoms with Crippen molar-refractivity contribution in [3.05, 3.63) is 24.4 Å². The van der Waals surface area contributed by atoms with Crippen LogP contribution in [0, 0.1) is 0 Å². The van der Waals surface area contributed by atoms with Gasteiger partial charge in [-0.25, -0.2) is 4.98 Å². The summed E-state index contributed by atoms with van der Waals surface area (Å²) in [5.41, 5.74) is 0. The predicted octanol–water partition coefficient (Wildman–Crippen LogP) is 2.41. The van der Waals surface area contributed by atoms with E-state index in [-0.39, 0.29) is 12.4 Å². The molecule has 1 aromatic rings. The molecule has 0 aliphatic carbocycles. The maximum absolute atomic E-state index is 5.56. The fourth-order valence-electron chi connectivity index (χ4n) is 1.91. The number of ether oxygens (including phenoxy) is 1. The Balaban J connectivity index is 0.00000128. The summed E-state index contributed by atoms with van der Waals surface area (Å²) in [6.45, 7) is 1.92. The lowest BCUT2D eigenvalue weighted by atomic mass is 10.0. The van der Waals surface area contributed by atoms with Crippen LogP contribution in [-0.2, 0) is 0 Å². The minimum atomic E-state index is 0. The third-order valence-electron chi connectivity index (χ3n) is 2.77. The molecule has 2 heterocycles. The zero-order valence-electron chi connectivity index (χ0n) is 9.39. The first-order chi connectivity index (χ1) is 7.45. The number of nitrogens with zero attached hydrogens (tertiary/aromatic N) is 1. The Bertz CT molecular complexity index is 276. The second-order valence-electron chi connectivity index (χ2n) is 3.95. The number of hydrogen-bond acceptors (Lipinski definition) is 3. The highest BCUT2D eigenvalue weighted by Crippen LogP contribution is 2.11. The third-order valence-corrected chi connectivity index (χ3v) is 2.77. The lowest BCUT2D eigenvalue weighted by molar-refractivity contribution is 0.260. The molecule has 0 amide bonds. The van der Waals surface area contributed by atoms with Crippen molar-refractivity contribution >= 4 is 12.4 Å². The van der Waals surface area contributed by atoms with Gasteiger partial charge in [-0.3, -0.25) is 0 Å². The Labute approximate surface area is 103 Å². The van der Waals surface area contributed by atoms with Crippen molar-refractivity contribution in [3.8, 4) is 5.88 Å². The van der Waals surface area contributed by atoms with Crippen molar-refractivity contribution in [1.82, 2.24) is 10.3 Å². The van der Waals surface area contributed by atoms with Crippen molar-refractivity contribution in [3.63, 3.8) is 0 Å². The van der Waals surface area contributed by atoms with E-state index in [4.69, 9.17) is 4.74 Å². The molecular weight excluding hydrogens is 224 g/mol. The Morgan fingerprint density at radius 1 is 1.38 bits per heavy atom. The third kappa shape index (κ3) is 4.37. The van der Waals surface area contributed by atoms with E-state index >= 15 is 0 Å². The van der Waals surface area contributed by atoms with Gasteiger partial charge in [0.2, 0.25) is 5.88 Å². The number of aromatic nitrogens is 1. The second kappa shape index (κ2) is 7.47. The number of pyridine rings is 1. The zero-order valence-corrected chi connectivity index (χ0v) is 10.2. The predicted molar refractivity (Wildman–Crippen MR) is 67.2 cm³/mol. The van der Waals surface area contributed by atoms with Gasteiger partial charge in [0.1, 0.15) is 0 Å². The molecule has 1 aromatic heterocycles. The van der Waals surface area contributed by atoms with Gasteiger partial charge in [-0.05, 0) is 31.9 Å². The van der Waals surface area contributed by atoms with E-state index in [1.807, 2.05) is 18.2 Å². The van der Waals surface area contributed by atoms with Gasteiger partial charge in [0.25, 0.3) is 0 Å². The average Bonchev–Trinajstić information content (AvgIpc) is 2.32. The summed E-state index contributed by atoms with van der Waals surface area (Å²) < 4.78 is 5.56. The maximum atomic E-state index is 5.56. The largest absolute Gasteiger partial charge is 0.478 e. The standard InChI is InChI=1S/C12H18N2O.ClH/c1-3-8-13-11(5-1)7-10-15-12-6-2-4-9-14-12;/h2,4,6,9,11,13H,1,3,5,7-8,10H2;1H. The summed E-state index contributed by atoms with van der Waals surface area (Å²) in [5.74, 6) is 0.730. The molecule has 16 heavy (non-hydrogen) atoms. The minimum Gasteiger partial charge on any atom is -0.478 e. The van der Waals surface area contributed by atoms with Gasteiger partial charge in [0.15, 0.2) is 0 Å². The summed E-state index contributed by atoms with van der Waals surface area (Å²) in [4.78, 5) is 4.12. The average molecular weight is 243 g/mol. The van der Waals surface area contributed by atoms with Crippen molar-refractivity contribution in [2.24, 2.45) is 0 Å². The van der Waals surface area contributed by atoms with Crippen LogP contribution in [0.5, 0.6) is 5.88 Å². The number of piperidine rings is 1. The molecule has 0 radical (unpaired) electrons. The Hall–Kier alpha value is -0.800. The van der Waals surface area contributed by atoms with E-state index in [1.54, 1.807) is 6.20 Å². The molecular formula is C12H19ClN2O. The quantitative estimate of drug-likeness (QED) is 0.881. The first kappa shape index (κ1) is 13.3. The highest BCUT2D eigenvalue weighted by Gasteiger charge is 2.11. The summed E-state index contributed by atoms with van der Waals surface area (Å²) in [6.07, 6.45) is 6.79. The van der Waals surface area contributed by atoms with Gasteiger partial charge in [0.05, 0.1) is 6.61 Å². The van der Waals surface area contributed by atoms with Crippen LogP contribution in [0.15, 0.2) is 24.4 Å². The van der Waals surface area contributed by atoms with Crippen LogP contribution in [0.25, 0.3) is 0 Å². The fraction of sp³-hybridized carbons (Fsp3) is 0.583. The minimum absolute atomic E-state index is 0. The number of rotatable bonds is 4. The topological polar surface area (TPSA) is 34.1 Å². The van der Waals surface area contributed by atoms with Crippen LogP contribution < -0.4 is 10.1 Å². The van der Waals surface area contributed by atoms with Gasteiger partial charge in [-0.1, -0.05) is 12.5 Å². The van der Waals surface area contributed by atoms with Crippen molar-refractivity contribution in [2.45, 2.75) is 31.7 Å². The molecule has 2 rings (SSSR count). The highest BCUT2D eigenvalue weighted by molar-refractivity contribution is 5.85. The van der Waals surface area contributed by atoms with E-state index in [9.17, 15) is 0 Å². The second-order valence-corrected chi connectivity index (χ2v) is 3.95. The van der Waals surface area contributed by atoms with E-state index in [0.717, 1.165) is 25.5 Å². The molecule has 1 unspecified atom stereocenters. The SMILES string of the molecule is Cl.c1ccc(OCCC2CCCCN2)nc1. The van der Waals surface area contributed by atoms with Gasteiger partial charge >= 0.3 is 0 Å². The summed E-state index contributed by atoms with van der Waals surface area (Å²) in [6, 6.07) is 6.38. The fourth-order valence-corrected chi connectivity index (χ4v) is 1.91. The van der Waals surface area contributed by atoms with Crippen molar-refractivity contribution < 1.29 is 4.74 Å². The van der Waals surface area contributed by atoms with Gasteiger partial charge in [0, 0.05) is 18.3 Å². The Morgan fingerprint density at radius 2 is 2.31 bits per heavy atom. The van der Waals surface area contributed by atoms with Gasteiger partial charge < -0.3 is 10.1 Å². The molecule has 0 bridgehead atoms. The summed E-state index contributed by atoms with van der Waals surface area (Å²) in [7, 11) is 0. The van der Waals surface area contributed by atoms with E-state index in [2.05, 4.69) is 10.3 Å². The molecule has 0 aromatic carbocycles. The van der Waals surface area contributed by atoms with Gasteiger partial charge in [-0.2, -0.15) is 0 Å². The lowest BCUT2D eigenvalue weighted by Gasteiger charge is -2.23. The van der Waals surface area contributed by atoms with Crippen LogP contribution in [0.3, 0.4) is 0 Å². The molecule has 4 heteroatoms. The smallest absolute Gasteiger partial charge is 0.213 e. The molecule has 1 saturated heterocycles. The van der Waals surface area contributed by atoms with Crippen LogP contribution >= 0.6 is 12.4 Å². The molecule has 1 aliphatic rings. The Kier molecular flexibility index (Phi) is 6.19. The number of hydrogen-bond donors (Lipinski definition) is 1. The molecule has 1 N–H and O–H groups in total.